The smallest absolute Gasteiger partial charge is 0.309 e. The summed E-state index contributed by atoms with van der Waals surface area (Å²) in [6.07, 6.45) is -0.116. The third-order valence-electron chi connectivity index (χ3n) is 2.40. The zero-order chi connectivity index (χ0) is 12.4. The number of aromatic nitrogens is 2. The van der Waals surface area contributed by atoms with Gasteiger partial charge in [0.2, 0.25) is 0 Å². The molecule has 0 aliphatic carbocycles. The Morgan fingerprint density at radius 1 is 1.41 bits per heavy atom. The summed E-state index contributed by atoms with van der Waals surface area (Å²) < 4.78 is 14.4. The molecule has 5 heteroatoms. The number of carboxylic acid groups (broad SMARTS) is 1. The molecule has 0 atom stereocenters. The second kappa shape index (κ2) is 4.37. The maximum absolute atomic E-state index is 12.8. The van der Waals surface area contributed by atoms with Gasteiger partial charge in [-0.05, 0) is 35.9 Å². The number of nitrogens with zero attached hydrogens (tertiary/aromatic N) is 2. The normalized spacial score (nSPS) is 10.5. The van der Waals surface area contributed by atoms with Crippen molar-refractivity contribution >= 4 is 5.97 Å². The van der Waals surface area contributed by atoms with E-state index in [1.165, 1.54) is 12.1 Å². The molecule has 0 unspecified atom stereocenters. The third kappa shape index (κ3) is 2.50. The van der Waals surface area contributed by atoms with Crippen LogP contribution in [0.25, 0.3) is 11.3 Å². The summed E-state index contributed by atoms with van der Waals surface area (Å²) in [5.74, 6) is -1.23. The molecule has 0 radical (unpaired) electrons. The summed E-state index contributed by atoms with van der Waals surface area (Å²) >= 11 is 0. The third-order valence-corrected chi connectivity index (χ3v) is 2.40. The van der Waals surface area contributed by atoms with Crippen molar-refractivity contribution in [1.29, 1.82) is 0 Å². The van der Waals surface area contributed by atoms with Gasteiger partial charge in [0.05, 0.1) is 17.8 Å². The summed E-state index contributed by atoms with van der Waals surface area (Å²) in [5, 5.41) is 12.8. The number of carboxylic acids is 1. The lowest BCUT2D eigenvalue weighted by Crippen LogP contribution is -2.01. The molecule has 1 aromatic carbocycles. The number of halogens is 1. The minimum Gasteiger partial charge on any atom is -0.481 e. The van der Waals surface area contributed by atoms with E-state index >= 15 is 0 Å². The standard InChI is InChI=1S/C12H11FN2O2/c1-15-11(6-10(14-15)7-12(16)17)8-2-4-9(13)5-3-8/h2-6H,7H2,1H3,(H,16,17). The topological polar surface area (TPSA) is 55.1 Å². The molecular weight excluding hydrogens is 223 g/mol. The molecule has 1 heterocycles. The lowest BCUT2D eigenvalue weighted by atomic mass is 10.1. The Morgan fingerprint density at radius 2 is 2.06 bits per heavy atom. The molecule has 0 aliphatic rings. The molecule has 88 valence electrons. The number of aryl methyl sites for hydroxylation is 1. The zero-order valence-corrected chi connectivity index (χ0v) is 9.22. The zero-order valence-electron chi connectivity index (χ0n) is 9.22. The monoisotopic (exact) mass is 234 g/mol. The molecule has 4 nitrogen and oxygen atoms in total. The fourth-order valence-corrected chi connectivity index (χ4v) is 1.66. The highest BCUT2D eigenvalue weighted by atomic mass is 19.1. The van der Waals surface area contributed by atoms with Gasteiger partial charge in [-0.2, -0.15) is 5.10 Å². The van der Waals surface area contributed by atoms with Crippen LogP contribution in [0.4, 0.5) is 4.39 Å². The molecule has 0 bridgehead atoms. The van der Waals surface area contributed by atoms with Gasteiger partial charge in [0.15, 0.2) is 0 Å². The van der Waals surface area contributed by atoms with Crippen molar-refractivity contribution in [2.24, 2.45) is 7.05 Å². The maximum Gasteiger partial charge on any atom is 0.309 e. The number of carbonyl (C=O) groups is 1. The Kier molecular flexibility index (Phi) is 2.91. The fraction of sp³-hybridized carbons (Fsp3) is 0.167. The van der Waals surface area contributed by atoms with Crippen molar-refractivity contribution in [2.75, 3.05) is 0 Å². The van der Waals surface area contributed by atoms with Gasteiger partial charge in [0, 0.05) is 7.05 Å². The minimum absolute atomic E-state index is 0.116. The summed E-state index contributed by atoms with van der Waals surface area (Å²) in [4.78, 5) is 10.6. The van der Waals surface area contributed by atoms with Crippen LogP contribution in [0.1, 0.15) is 5.69 Å². The van der Waals surface area contributed by atoms with Crippen LogP contribution in [0.5, 0.6) is 0 Å². The van der Waals surface area contributed by atoms with Crippen molar-refractivity contribution < 1.29 is 14.3 Å². The van der Waals surface area contributed by atoms with E-state index in [2.05, 4.69) is 5.10 Å². The van der Waals surface area contributed by atoms with Gasteiger partial charge < -0.3 is 5.11 Å². The molecular formula is C12H11FN2O2. The van der Waals surface area contributed by atoms with Crippen molar-refractivity contribution in [3.8, 4) is 11.3 Å². The van der Waals surface area contributed by atoms with E-state index in [1.807, 2.05) is 0 Å². The first kappa shape index (κ1) is 11.3. The van der Waals surface area contributed by atoms with Gasteiger partial charge in [0.1, 0.15) is 5.82 Å². The van der Waals surface area contributed by atoms with Crippen molar-refractivity contribution in [3.63, 3.8) is 0 Å². The molecule has 17 heavy (non-hydrogen) atoms. The van der Waals surface area contributed by atoms with Crippen LogP contribution < -0.4 is 0 Å². The van der Waals surface area contributed by atoms with E-state index in [0.29, 0.717) is 5.69 Å². The quantitative estimate of drug-likeness (QED) is 0.881. The molecule has 0 aliphatic heterocycles. The van der Waals surface area contributed by atoms with Gasteiger partial charge in [-0.3, -0.25) is 9.48 Å². The van der Waals surface area contributed by atoms with Crippen LogP contribution in [0.3, 0.4) is 0 Å². The molecule has 1 N–H and O–H groups in total. The Balaban J connectivity index is 2.35. The van der Waals surface area contributed by atoms with E-state index in [1.54, 1.807) is 29.9 Å². The molecule has 0 saturated carbocycles. The molecule has 0 amide bonds. The van der Waals surface area contributed by atoms with Gasteiger partial charge in [0.25, 0.3) is 0 Å². The van der Waals surface area contributed by atoms with Crippen LogP contribution in [-0.4, -0.2) is 20.9 Å². The van der Waals surface area contributed by atoms with Crippen LogP contribution in [0.15, 0.2) is 30.3 Å². The first-order chi connectivity index (χ1) is 8.06. The Hall–Kier alpha value is -2.17. The first-order valence-electron chi connectivity index (χ1n) is 5.07. The number of hydrogen-bond donors (Lipinski definition) is 1. The van der Waals surface area contributed by atoms with Crippen LogP contribution in [0.2, 0.25) is 0 Å². The molecule has 0 fully saturated rings. The van der Waals surface area contributed by atoms with E-state index in [4.69, 9.17) is 5.11 Å². The average Bonchev–Trinajstić information content (AvgIpc) is 2.59. The van der Waals surface area contributed by atoms with Gasteiger partial charge in [-0.25, -0.2) is 4.39 Å². The molecule has 1 aromatic heterocycles. The minimum atomic E-state index is -0.922. The molecule has 2 rings (SSSR count). The summed E-state index contributed by atoms with van der Waals surface area (Å²) in [5.41, 5.74) is 2.05. The average molecular weight is 234 g/mol. The molecule has 0 saturated heterocycles. The lowest BCUT2D eigenvalue weighted by Gasteiger charge is -2.00. The largest absolute Gasteiger partial charge is 0.481 e. The van der Waals surface area contributed by atoms with Crippen LogP contribution in [-0.2, 0) is 18.3 Å². The highest BCUT2D eigenvalue weighted by molar-refractivity contribution is 5.70. The van der Waals surface area contributed by atoms with E-state index in [0.717, 1.165) is 11.3 Å². The van der Waals surface area contributed by atoms with E-state index < -0.39 is 5.97 Å². The lowest BCUT2D eigenvalue weighted by molar-refractivity contribution is -0.136. The highest BCUT2D eigenvalue weighted by Crippen LogP contribution is 2.20. The number of benzene rings is 1. The number of hydrogen-bond acceptors (Lipinski definition) is 2. The second-order valence-electron chi connectivity index (χ2n) is 3.72. The maximum atomic E-state index is 12.8. The second-order valence-corrected chi connectivity index (χ2v) is 3.72. The first-order valence-corrected chi connectivity index (χ1v) is 5.07. The molecule has 0 spiro atoms. The number of aliphatic carboxylic acids is 1. The van der Waals surface area contributed by atoms with E-state index in [9.17, 15) is 9.18 Å². The predicted octanol–water partition coefficient (Wildman–Crippen LogP) is 1.85. The van der Waals surface area contributed by atoms with Gasteiger partial charge in [-0.15, -0.1) is 0 Å². The SMILES string of the molecule is Cn1nc(CC(=O)O)cc1-c1ccc(F)cc1. The van der Waals surface area contributed by atoms with Crippen molar-refractivity contribution in [2.45, 2.75) is 6.42 Å². The highest BCUT2D eigenvalue weighted by Gasteiger charge is 2.10. The summed E-state index contributed by atoms with van der Waals surface area (Å²) in [6.45, 7) is 0. The van der Waals surface area contributed by atoms with Crippen LogP contribution in [0, 0.1) is 5.82 Å². The van der Waals surface area contributed by atoms with Gasteiger partial charge >= 0.3 is 5.97 Å². The number of rotatable bonds is 3. The fourth-order valence-electron chi connectivity index (χ4n) is 1.66. The van der Waals surface area contributed by atoms with E-state index in [-0.39, 0.29) is 12.2 Å². The molecule has 2 aromatic rings. The Bertz CT molecular complexity index is 546. The van der Waals surface area contributed by atoms with Gasteiger partial charge in [-0.1, -0.05) is 0 Å². The van der Waals surface area contributed by atoms with Crippen LogP contribution >= 0.6 is 0 Å². The van der Waals surface area contributed by atoms with Crippen molar-refractivity contribution in [3.05, 3.63) is 41.8 Å². The van der Waals surface area contributed by atoms with Crippen molar-refractivity contribution in [1.82, 2.24) is 9.78 Å². The summed E-state index contributed by atoms with van der Waals surface area (Å²) in [6, 6.07) is 7.69. The summed E-state index contributed by atoms with van der Waals surface area (Å²) in [7, 11) is 1.73. The predicted molar refractivity (Wildman–Crippen MR) is 59.9 cm³/mol. The Morgan fingerprint density at radius 3 is 2.65 bits per heavy atom. The Labute approximate surface area is 97.3 Å².